The molecule has 2 rings (SSSR count). The van der Waals surface area contributed by atoms with E-state index in [-0.39, 0.29) is 5.28 Å². The zero-order chi connectivity index (χ0) is 13.1. The van der Waals surface area contributed by atoms with E-state index >= 15 is 0 Å². The number of anilines is 1. The number of rotatable bonds is 6. The first-order valence-corrected chi connectivity index (χ1v) is 7.24. The zero-order valence-electron chi connectivity index (χ0n) is 10.6. The first-order chi connectivity index (χ1) is 8.63. The molecule has 0 aliphatic heterocycles. The Morgan fingerprint density at radius 3 is 2.94 bits per heavy atom. The summed E-state index contributed by atoms with van der Waals surface area (Å²) in [5.74, 6) is 1.61. The predicted octanol–water partition coefficient (Wildman–Crippen LogP) is 3.14. The number of methoxy groups -OCH3 is 1. The van der Waals surface area contributed by atoms with Gasteiger partial charge in [-0.25, -0.2) is 4.98 Å². The largest absolute Gasteiger partial charge is 0.383 e. The van der Waals surface area contributed by atoms with Crippen LogP contribution in [0.1, 0.15) is 19.8 Å². The Balaban J connectivity index is 2.22. The molecular weight excluding hydrogens is 318 g/mol. The van der Waals surface area contributed by atoms with Gasteiger partial charge in [-0.15, -0.1) is 0 Å². The lowest BCUT2D eigenvalue weighted by Crippen LogP contribution is -2.38. The molecule has 18 heavy (non-hydrogen) atoms. The second-order valence-corrected chi connectivity index (χ2v) is 5.77. The monoisotopic (exact) mass is 333 g/mol. The molecule has 4 nitrogen and oxygen atoms in total. The molecule has 1 fully saturated rings. The Kier molecular flexibility index (Phi) is 4.81. The lowest BCUT2D eigenvalue weighted by atomic mass is 10.2. The van der Waals surface area contributed by atoms with Gasteiger partial charge in [-0.05, 0) is 53.2 Å². The van der Waals surface area contributed by atoms with E-state index in [0.717, 1.165) is 22.8 Å². The fraction of sp³-hybridized carbons (Fsp3) is 0.667. The van der Waals surface area contributed by atoms with Crippen molar-refractivity contribution in [2.75, 3.05) is 25.2 Å². The molecule has 1 atom stereocenters. The van der Waals surface area contributed by atoms with Crippen molar-refractivity contribution < 1.29 is 4.74 Å². The lowest BCUT2D eigenvalue weighted by molar-refractivity contribution is 0.202. The highest BCUT2D eigenvalue weighted by Gasteiger charge is 2.33. The van der Waals surface area contributed by atoms with Crippen LogP contribution < -0.4 is 4.90 Å². The summed E-state index contributed by atoms with van der Waals surface area (Å²) in [5.41, 5.74) is 0. The van der Waals surface area contributed by atoms with E-state index < -0.39 is 0 Å². The van der Waals surface area contributed by atoms with Crippen molar-refractivity contribution in [3.63, 3.8) is 0 Å². The Bertz CT molecular complexity index is 414. The average molecular weight is 335 g/mol. The first kappa shape index (κ1) is 14.0. The summed E-state index contributed by atoms with van der Waals surface area (Å²) < 4.78 is 6.05. The molecule has 1 heterocycles. The predicted molar refractivity (Wildman–Crippen MR) is 76.2 cm³/mol. The van der Waals surface area contributed by atoms with Gasteiger partial charge in [0, 0.05) is 25.9 Å². The Labute approximate surface area is 121 Å². The highest BCUT2D eigenvalue weighted by molar-refractivity contribution is 9.10. The van der Waals surface area contributed by atoms with E-state index in [2.05, 4.69) is 37.7 Å². The van der Waals surface area contributed by atoms with Crippen molar-refractivity contribution in [1.82, 2.24) is 9.97 Å². The van der Waals surface area contributed by atoms with Gasteiger partial charge in [0.25, 0.3) is 0 Å². The molecule has 6 heteroatoms. The smallest absolute Gasteiger partial charge is 0.224 e. The van der Waals surface area contributed by atoms with Crippen LogP contribution >= 0.6 is 27.5 Å². The SMILES string of the molecule is COCCN(c1nc(Cl)ncc1Br)C(C)C1CC1. The summed E-state index contributed by atoms with van der Waals surface area (Å²) in [5, 5.41) is 0.276. The molecule has 0 spiro atoms. The average Bonchev–Trinajstić information content (AvgIpc) is 3.17. The summed E-state index contributed by atoms with van der Waals surface area (Å²) in [6, 6.07) is 0.447. The van der Waals surface area contributed by atoms with Crippen molar-refractivity contribution in [2.45, 2.75) is 25.8 Å². The number of nitrogens with zero attached hydrogens (tertiary/aromatic N) is 3. The van der Waals surface area contributed by atoms with E-state index in [9.17, 15) is 0 Å². The van der Waals surface area contributed by atoms with Gasteiger partial charge in [0.05, 0.1) is 11.1 Å². The molecular formula is C12H17BrClN3O. The second kappa shape index (κ2) is 6.17. The molecule has 0 amide bonds. The zero-order valence-corrected chi connectivity index (χ0v) is 12.9. The third kappa shape index (κ3) is 3.33. The normalized spacial score (nSPS) is 16.7. The minimum atomic E-state index is 0.276. The van der Waals surface area contributed by atoms with Crippen molar-refractivity contribution in [3.8, 4) is 0 Å². The van der Waals surface area contributed by atoms with Gasteiger partial charge in [0.1, 0.15) is 5.82 Å². The molecule has 100 valence electrons. The minimum Gasteiger partial charge on any atom is -0.383 e. The van der Waals surface area contributed by atoms with Gasteiger partial charge >= 0.3 is 0 Å². The summed E-state index contributed by atoms with van der Waals surface area (Å²) in [6.45, 7) is 3.71. The summed E-state index contributed by atoms with van der Waals surface area (Å²) in [4.78, 5) is 10.6. The van der Waals surface area contributed by atoms with Gasteiger partial charge in [-0.3, -0.25) is 0 Å². The van der Waals surface area contributed by atoms with Crippen LogP contribution in [0.15, 0.2) is 10.7 Å². The third-order valence-electron chi connectivity index (χ3n) is 3.30. The minimum absolute atomic E-state index is 0.276. The molecule has 1 aromatic heterocycles. The Hall–Kier alpha value is -0.390. The van der Waals surface area contributed by atoms with Crippen molar-refractivity contribution in [3.05, 3.63) is 16.0 Å². The summed E-state index contributed by atoms with van der Waals surface area (Å²) in [6.07, 6.45) is 4.28. The summed E-state index contributed by atoms with van der Waals surface area (Å²) in [7, 11) is 1.71. The maximum Gasteiger partial charge on any atom is 0.224 e. The third-order valence-corrected chi connectivity index (χ3v) is 4.04. The number of hydrogen-bond donors (Lipinski definition) is 0. The Morgan fingerprint density at radius 2 is 2.33 bits per heavy atom. The van der Waals surface area contributed by atoms with E-state index in [1.54, 1.807) is 13.3 Å². The van der Waals surface area contributed by atoms with Crippen LogP contribution in [0, 0.1) is 5.92 Å². The molecule has 1 aliphatic carbocycles. The quantitative estimate of drug-likeness (QED) is 0.749. The van der Waals surface area contributed by atoms with Gasteiger partial charge < -0.3 is 9.64 Å². The van der Waals surface area contributed by atoms with Gasteiger partial charge in [0.2, 0.25) is 5.28 Å². The van der Waals surface area contributed by atoms with E-state index in [0.29, 0.717) is 12.6 Å². The molecule has 0 saturated heterocycles. The van der Waals surface area contributed by atoms with E-state index in [1.165, 1.54) is 12.8 Å². The molecule has 1 unspecified atom stereocenters. The maximum atomic E-state index is 5.89. The van der Waals surface area contributed by atoms with Crippen molar-refractivity contribution >= 4 is 33.3 Å². The van der Waals surface area contributed by atoms with Crippen LogP contribution in [-0.2, 0) is 4.74 Å². The van der Waals surface area contributed by atoms with Crippen molar-refractivity contribution in [2.24, 2.45) is 5.92 Å². The lowest BCUT2D eigenvalue weighted by Gasteiger charge is -2.31. The van der Waals surface area contributed by atoms with E-state index in [1.807, 2.05) is 0 Å². The number of aromatic nitrogens is 2. The van der Waals surface area contributed by atoms with Crippen LogP contribution in [0.5, 0.6) is 0 Å². The fourth-order valence-electron chi connectivity index (χ4n) is 2.06. The topological polar surface area (TPSA) is 38.2 Å². The van der Waals surface area contributed by atoms with Gasteiger partial charge in [0.15, 0.2) is 0 Å². The molecule has 0 N–H and O–H groups in total. The number of ether oxygens (including phenoxy) is 1. The van der Waals surface area contributed by atoms with Crippen LogP contribution in [0.2, 0.25) is 5.28 Å². The van der Waals surface area contributed by atoms with Crippen LogP contribution in [0.3, 0.4) is 0 Å². The molecule has 0 radical (unpaired) electrons. The fourth-order valence-corrected chi connectivity index (χ4v) is 2.61. The van der Waals surface area contributed by atoms with Crippen LogP contribution in [0.25, 0.3) is 0 Å². The van der Waals surface area contributed by atoms with Crippen LogP contribution in [0.4, 0.5) is 5.82 Å². The number of halogens is 2. The summed E-state index contributed by atoms with van der Waals surface area (Å²) >= 11 is 9.39. The van der Waals surface area contributed by atoms with Crippen LogP contribution in [-0.4, -0.2) is 36.3 Å². The molecule has 1 aliphatic rings. The van der Waals surface area contributed by atoms with Gasteiger partial charge in [-0.1, -0.05) is 0 Å². The number of hydrogen-bond acceptors (Lipinski definition) is 4. The molecule has 0 aromatic carbocycles. The van der Waals surface area contributed by atoms with Crippen molar-refractivity contribution in [1.29, 1.82) is 0 Å². The molecule has 1 saturated carbocycles. The maximum absolute atomic E-state index is 5.89. The van der Waals surface area contributed by atoms with Gasteiger partial charge in [-0.2, -0.15) is 4.98 Å². The standard InChI is InChI=1S/C12H17BrClN3O/c1-8(9-3-4-9)17(5-6-18-2)11-10(13)7-15-12(14)16-11/h7-9H,3-6H2,1-2H3. The highest BCUT2D eigenvalue weighted by Crippen LogP contribution is 2.38. The Morgan fingerprint density at radius 1 is 1.61 bits per heavy atom. The van der Waals surface area contributed by atoms with E-state index in [4.69, 9.17) is 16.3 Å². The molecule has 0 bridgehead atoms. The molecule has 1 aromatic rings. The highest BCUT2D eigenvalue weighted by atomic mass is 79.9. The first-order valence-electron chi connectivity index (χ1n) is 6.07. The second-order valence-electron chi connectivity index (χ2n) is 4.57.